The molecule has 94 valence electrons. The molecule has 0 spiro atoms. The largest absolute Gasteiger partial charge is 0.383 e. The Balaban J connectivity index is 2.61. The number of carbonyl (C=O) groups is 1. The number of nitriles is 1. The molecule has 0 bridgehead atoms. The van der Waals surface area contributed by atoms with Crippen LogP contribution in [-0.4, -0.2) is 50.7 Å². The van der Waals surface area contributed by atoms with E-state index in [1.807, 2.05) is 6.92 Å². The van der Waals surface area contributed by atoms with Gasteiger partial charge in [-0.3, -0.25) is 4.79 Å². The van der Waals surface area contributed by atoms with E-state index < -0.39 is 0 Å². The van der Waals surface area contributed by atoms with Crippen LogP contribution in [0.3, 0.4) is 0 Å². The normalized spacial score (nSPS) is 13.8. The summed E-state index contributed by atoms with van der Waals surface area (Å²) in [5.74, 6) is 0.0220. The second-order valence-electron chi connectivity index (χ2n) is 4.03. The maximum Gasteiger partial charge on any atom is 0.249 e. The Labute approximate surface area is 102 Å². The fourth-order valence-corrected chi connectivity index (χ4v) is 1.60. The zero-order valence-electron chi connectivity index (χ0n) is 10.5. The molecule has 1 N–H and O–H groups in total. The minimum atomic E-state index is 0.0220. The van der Waals surface area contributed by atoms with Crippen molar-refractivity contribution in [2.24, 2.45) is 0 Å². The van der Waals surface area contributed by atoms with E-state index in [0.717, 1.165) is 24.2 Å². The molecule has 1 amide bonds. The lowest BCUT2D eigenvalue weighted by molar-refractivity contribution is -0.127. The van der Waals surface area contributed by atoms with Crippen molar-refractivity contribution < 1.29 is 9.53 Å². The van der Waals surface area contributed by atoms with Crippen LogP contribution < -0.4 is 5.32 Å². The molecule has 0 aromatic rings. The van der Waals surface area contributed by atoms with Crippen LogP contribution in [0.2, 0.25) is 0 Å². The van der Waals surface area contributed by atoms with Gasteiger partial charge < -0.3 is 15.0 Å². The number of nitrogens with one attached hydrogen (secondary N) is 1. The Morgan fingerprint density at radius 2 is 2.24 bits per heavy atom. The minimum Gasteiger partial charge on any atom is -0.383 e. The van der Waals surface area contributed by atoms with E-state index in [1.54, 1.807) is 12.0 Å². The van der Waals surface area contributed by atoms with Gasteiger partial charge in [-0.05, 0) is 12.5 Å². The highest BCUT2D eigenvalue weighted by Gasteiger charge is 2.20. The highest BCUT2D eigenvalue weighted by molar-refractivity contribution is 5.94. The van der Waals surface area contributed by atoms with Crippen molar-refractivity contribution in [1.29, 1.82) is 5.26 Å². The lowest BCUT2D eigenvalue weighted by atomic mass is 10.0. The standard InChI is InChI=1S/C12H19N3O2/c1-10(11-8-14-9-11)12(16)15(5-3-4-13)6-7-17-2/h14H,3,5-9H2,1-2H3. The molecule has 0 unspecified atom stereocenters. The van der Waals surface area contributed by atoms with Crippen LogP contribution in [0.4, 0.5) is 0 Å². The smallest absolute Gasteiger partial charge is 0.249 e. The van der Waals surface area contributed by atoms with Gasteiger partial charge in [0.15, 0.2) is 0 Å². The van der Waals surface area contributed by atoms with Gasteiger partial charge >= 0.3 is 0 Å². The Kier molecular flexibility index (Phi) is 5.67. The van der Waals surface area contributed by atoms with Gasteiger partial charge in [0.2, 0.25) is 5.91 Å². The summed E-state index contributed by atoms with van der Waals surface area (Å²) in [4.78, 5) is 13.9. The predicted octanol–water partition coefficient (Wildman–Crippen LogP) is 0.295. The number of rotatable bonds is 6. The second-order valence-corrected chi connectivity index (χ2v) is 4.03. The van der Waals surface area contributed by atoms with Crippen LogP contribution in [0.1, 0.15) is 13.3 Å². The van der Waals surface area contributed by atoms with Crippen LogP contribution >= 0.6 is 0 Å². The molecule has 0 atom stereocenters. The van der Waals surface area contributed by atoms with E-state index in [1.165, 1.54) is 0 Å². The third-order valence-corrected chi connectivity index (χ3v) is 2.87. The number of ether oxygens (including phenoxy) is 1. The number of nitrogens with zero attached hydrogens (tertiary/aromatic N) is 2. The van der Waals surface area contributed by atoms with E-state index in [0.29, 0.717) is 26.1 Å². The Bertz CT molecular complexity index is 338. The van der Waals surface area contributed by atoms with Crippen molar-refractivity contribution in [2.45, 2.75) is 13.3 Å². The monoisotopic (exact) mass is 237 g/mol. The molecular weight excluding hydrogens is 218 g/mol. The fourth-order valence-electron chi connectivity index (χ4n) is 1.60. The number of methoxy groups -OCH3 is 1. The molecule has 5 nitrogen and oxygen atoms in total. The predicted molar refractivity (Wildman–Crippen MR) is 64.3 cm³/mol. The van der Waals surface area contributed by atoms with Gasteiger partial charge in [0.05, 0.1) is 19.1 Å². The minimum absolute atomic E-state index is 0.0220. The molecule has 1 aliphatic rings. The quantitative estimate of drug-likeness (QED) is 0.675. The second kappa shape index (κ2) is 7.05. The summed E-state index contributed by atoms with van der Waals surface area (Å²) in [6.45, 7) is 4.95. The van der Waals surface area contributed by atoms with E-state index in [9.17, 15) is 4.79 Å². The summed E-state index contributed by atoms with van der Waals surface area (Å²) in [6.07, 6.45) is 0.357. The first-order valence-corrected chi connectivity index (χ1v) is 5.75. The van der Waals surface area contributed by atoms with Crippen LogP contribution in [0.5, 0.6) is 0 Å². The lowest BCUT2D eigenvalue weighted by Crippen LogP contribution is -2.40. The molecule has 0 aliphatic carbocycles. The number of carbonyl (C=O) groups excluding carboxylic acids is 1. The van der Waals surface area contributed by atoms with Crippen molar-refractivity contribution in [1.82, 2.24) is 10.2 Å². The molecule has 1 saturated heterocycles. The molecule has 17 heavy (non-hydrogen) atoms. The molecule has 1 heterocycles. The molecule has 0 aromatic carbocycles. The summed E-state index contributed by atoms with van der Waals surface area (Å²) in [6, 6.07) is 2.06. The first-order chi connectivity index (χ1) is 8.20. The van der Waals surface area contributed by atoms with Gasteiger partial charge in [0, 0.05) is 38.9 Å². The molecule has 0 aromatic heterocycles. The summed E-state index contributed by atoms with van der Waals surface area (Å²) < 4.78 is 4.98. The number of hydrogen-bond donors (Lipinski definition) is 1. The van der Waals surface area contributed by atoms with Gasteiger partial charge in [0.25, 0.3) is 0 Å². The van der Waals surface area contributed by atoms with E-state index in [2.05, 4.69) is 11.4 Å². The zero-order chi connectivity index (χ0) is 12.7. The molecule has 0 saturated carbocycles. The Hall–Kier alpha value is -1.38. The molecule has 1 fully saturated rings. The lowest BCUT2D eigenvalue weighted by Gasteiger charge is -2.26. The summed E-state index contributed by atoms with van der Waals surface area (Å²) >= 11 is 0. The van der Waals surface area contributed by atoms with Crippen LogP contribution in [0.15, 0.2) is 11.1 Å². The number of amides is 1. The van der Waals surface area contributed by atoms with Crippen molar-refractivity contribution in [2.75, 3.05) is 39.9 Å². The first-order valence-electron chi connectivity index (χ1n) is 5.75. The third-order valence-electron chi connectivity index (χ3n) is 2.87. The Morgan fingerprint density at radius 1 is 1.53 bits per heavy atom. The summed E-state index contributed by atoms with van der Waals surface area (Å²) in [5.41, 5.74) is 1.96. The average Bonchev–Trinajstić information content (AvgIpc) is 2.26. The van der Waals surface area contributed by atoms with Crippen molar-refractivity contribution in [3.8, 4) is 6.07 Å². The fraction of sp³-hybridized carbons (Fsp3) is 0.667. The Morgan fingerprint density at radius 3 is 2.71 bits per heavy atom. The van der Waals surface area contributed by atoms with Gasteiger partial charge in [-0.2, -0.15) is 5.26 Å². The van der Waals surface area contributed by atoms with E-state index in [4.69, 9.17) is 10.00 Å². The maximum absolute atomic E-state index is 12.2. The highest BCUT2D eigenvalue weighted by atomic mass is 16.5. The zero-order valence-corrected chi connectivity index (χ0v) is 10.5. The van der Waals surface area contributed by atoms with Gasteiger partial charge in [-0.15, -0.1) is 0 Å². The third kappa shape index (κ3) is 3.84. The molecular formula is C12H19N3O2. The topological polar surface area (TPSA) is 65.4 Å². The van der Waals surface area contributed by atoms with Gasteiger partial charge in [-0.25, -0.2) is 0 Å². The molecule has 1 rings (SSSR count). The first kappa shape index (κ1) is 13.7. The van der Waals surface area contributed by atoms with Crippen LogP contribution in [0.25, 0.3) is 0 Å². The highest BCUT2D eigenvalue weighted by Crippen LogP contribution is 2.12. The van der Waals surface area contributed by atoms with Gasteiger partial charge in [-0.1, -0.05) is 0 Å². The van der Waals surface area contributed by atoms with Crippen molar-refractivity contribution in [3.63, 3.8) is 0 Å². The van der Waals surface area contributed by atoms with Crippen LogP contribution in [0, 0.1) is 11.3 Å². The SMILES string of the molecule is COCCN(CCC#N)C(=O)C(C)=C1CNC1. The van der Waals surface area contributed by atoms with Crippen molar-refractivity contribution in [3.05, 3.63) is 11.1 Å². The van der Waals surface area contributed by atoms with Crippen LogP contribution in [-0.2, 0) is 9.53 Å². The molecule has 5 heteroatoms. The number of hydrogen-bond acceptors (Lipinski definition) is 4. The van der Waals surface area contributed by atoms with E-state index >= 15 is 0 Å². The average molecular weight is 237 g/mol. The van der Waals surface area contributed by atoms with Gasteiger partial charge in [0.1, 0.15) is 0 Å². The van der Waals surface area contributed by atoms with E-state index in [-0.39, 0.29) is 5.91 Å². The molecule has 0 radical (unpaired) electrons. The van der Waals surface area contributed by atoms with Crippen molar-refractivity contribution >= 4 is 5.91 Å². The summed E-state index contributed by atoms with van der Waals surface area (Å²) in [5, 5.41) is 11.7. The summed E-state index contributed by atoms with van der Waals surface area (Å²) in [7, 11) is 1.61. The maximum atomic E-state index is 12.2. The molecule has 1 aliphatic heterocycles.